The average Bonchev–Trinajstić information content (AvgIpc) is 2.59. The lowest BCUT2D eigenvalue weighted by Gasteiger charge is -2.09. The summed E-state index contributed by atoms with van der Waals surface area (Å²) in [5, 5.41) is 11.5. The first-order valence-electron chi connectivity index (χ1n) is 6.98. The molecule has 0 radical (unpaired) electrons. The van der Waals surface area contributed by atoms with E-state index in [1.807, 2.05) is 6.07 Å². The normalized spacial score (nSPS) is 10.5. The summed E-state index contributed by atoms with van der Waals surface area (Å²) >= 11 is 0. The predicted molar refractivity (Wildman–Crippen MR) is 90.9 cm³/mol. The minimum absolute atomic E-state index is 0.0453. The van der Waals surface area contributed by atoms with Gasteiger partial charge in [-0.05, 0) is 36.4 Å². The third-order valence-corrected chi connectivity index (χ3v) is 4.44. The second-order valence-corrected chi connectivity index (χ2v) is 6.51. The highest BCUT2D eigenvalue weighted by Crippen LogP contribution is 2.18. The number of carbonyl (C=O) groups is 1. The number of nitriles is 1. The molecule has 0 saturated carbocycles. The molecule has 1 amide bonds. The second kappa shape index (κ2) is 7.44. The molecule has 0 aliphatic carbocycles. The molecule has 0 atom stereocenters. The van der Waals surface area contributed by atoms with Crippen molar-refractivity contribution < 1.29 is 13.2 Å². The van der Waals surface area contributed by atoms with Crippen molar-refractivity contribution >= 4 is 21.6 Å². The molecule has 0 aliphatic heterocycles. The lowest BCUT2D eigenvalue weighted by molar-refractivity contribution is 0.0958. The Morgan fingerprint density at radius 3 is 2.67 bits per heavy atom. The van der Waals surface area contributed by atoms with Crippen LogP contribution in [0.5, 0.6) is 0 Å². The number of nitrogens with zero attached hydrogens (tertiary/aromatic N) is 1. The van der Waals surface area contributed by atoms with Crippen LogP contribution in [-0.4, -0.2) is 20.9 Å². The molecule has 0 aliphatic rings. The van der Waals surface area contributed by atoms with Crippen LogP contribution in [0.1, 0.15) is 15.9 Å². The summed E-state index contributed by atoms with van der Waals surface area (Å²) in [5.41, 5.74) is 0.841. The van der Waals surface area contributed by atoms with Gasteiger partial charge in [-0.25, -0.2) is 8.42 Å². The first-order valence-corrected chi connectivity index (χ1v) is 8.47. The first-order chi connectivity index (χ1) is 11.5. The van der Waals surface area contributed by atoms with E-state index in [4.69, 9.17) is 5.26 Å². The van der Waals surface area contributed by atoms with Crippen molar-refractivity contribution in [2.24, 2.45) is 0 Å². The molecule has 0 saturated heterocycles. The molecule has 2 aromatic rings. The smallest absolute Gasteiger partial charge is 0.261 e. The molecule has 0 fully saturated rings. The molecule has 2 aromatic carbocycles. The minimum Gasteiger partial charge on any atom is -0.349 e. The largest absolute Gasteiger partial charge is 0.349 e. The molecule has 7 heteroatoms. The van der Waals surface area contributed by atoms with Crippen molar-refractivity contribution in [2.45, 2.75) is 4.90 Å². The molecule has 122 valence electrons. The van der Waals surface area contributed by atoms with E-state index in [9.17, 15) is 13.2 Å². The van der Waals surface area contributed by atoms with Crippen LogP contribution in [0.4, 0.5) is 5.69 Å². The fraction of sp³-hybridized carbons (Fsp3) is 0.0588. The van der Waals surface area contributed by atoms with E-state index in [0.29, 0.717) is 5.56 Å². The third-order valence-electron chi connectivity index (χ3n) is 3.06. The first kappa shape index (κ1) is 17.2. The van der Waals surface area contributed by atoms with Crippen molar-refractivity contribution in [3.05, 3.63) is 72.3 Å². The summed E-state index contributed by atoms with van der Waals surface area (Å²) in [6.07, 6.45) is 1.53. The van der Waals surface area contributed by atoms with Gasteiger partial charge in [0.25, 0.3) is 15.9 Å². The zero-order chi connectivity index (χ0) is 17.6. The predicted octanol–water partition coefficient (Wildman–Crippen LogP) is 2.27. The topological polar surface area (TPSA) is 99.1 Å². The highest BCUT2D eigenvalue weighted by atomic mass is 32.2. The van der Waals surface area contributed by atoms with Crippen molar-refractivity contribution in [3.8, 4) is 6.07 Å². The highest BCUT2D eigenvalue weighted by Gasteiger charge is 2.16. The maximum atomic E-state index is 12.4. The Morgan fingerprint density at radius 1 is 1.21 bits per heavy atom. The fourth-order valence-corrected chi connectivity index (χ4v) is 3.03. The van der Waals surface area contributed by atoms with Crippen LogP contribution in [-0.2, 0) is 10.0 Å². The van der Waals surface area contributed by atoms with Crippen molar-refractivity contribution in [1.29, 1.82) is 5.26 Å². The van der Waals surface area contributed by atoms with E-state index in [2.05, 4.69) is 16.6 Å². The van der Waals surface area contributed by atoms with Gasteiger partial charge in [-0.3, -0.25) is 9.52 Å². The van der Waals surface area contributed by atoms with Crippen molar-refractivity contribution in [2.75, 3.05) is 11.3 Å². The Balaban J connectivity index is 2.27. The van der Waals surface area contributed by atoms with Gasteiger partial charge in [-0.15, -0.1) is 6.58 Å². The molecule has 0 aromatic heterocycles. The van der Waals surface area contributed by atoms with E-state index in [1.165, 1.54) is 36.4 Å². The van der Waals surface area contributed by atoms with Crippen LogP contribution in [0, 0.1) is 11.3 Å². The Labute approximate surface area is 140 Å². The summed E-state index contributed by atoms with van der Waals surface area (Å²) < 4.78 is 27.3. The van der Waals surface area contributed by atoms with Gasteiger partial charge in [0.1, 0.15) is 0 Å². The molecule has 0 heterocycles. The number of amides is 1. The van der Waals surface area contributed by atoms with E-state index in [-0.39, 0.29) is 22.7 Å². The second-order valence-electron chi connectivity index (χ2n) is 4.82. The number of anilines is 1. The lowest BCUT2D eigenvalue weighted by atomic mass is 10.2. The van der Waals surface area contributed by atoms with Crippen LogP contribution in [0.2, 0.25) is 0 Å². The van der Waals surface area contributed by atoms with Gasteiger partial charge in [0.05, 0.1) is 22.2 Å². The molecule has 6 nitrogen and oxygen atoms in total. The Morgan fingerprint density at radius 2 is 1.96 bits per heavy atom. The van der Waals surface area contributed by atoms with Crippen LogP contribution < -0.4 is 10.0 Å². The number of benzene rings is 2. The molecule has 0 spiro atoms. The van der Waals surface area contributed by atoms with E-state index >= 15 is 0 Å². The Bertz CT molecular complexity index is 915. The number of rotatable bonds is 6. The van der Waals surface area contributed by atoms with Crippen LogP contribution in [0.3, 0.4) is 0 Å². The fourth-order valence-electron chi connectivity index (χ4n) is 1.94. The number of hydrogen-bond donors (Lipinski definition) is 2. The van der Waals surface area contributed by atoms with Crippen LogP contribution in [0.25, 0.3) is 0 Å². The number of hydrogen-bond acceptors (Lipinski definition) is 4. The molecule has 0 unspecified atom stereocenters. The minimum atomic E-state index is -3.87. The highest BCUT2D eigenvalue weighted by molar-refractivity contribution is 7.92. The summed E-state index contributed by atoms with van der Waals surface area (Å²) in [6.45, 7) is 3.79. The van der Waals surface area contributed by atoms with E-state index in [1.54, 1.807) is 18.2 Å². The molecule has 0 bridgehead atoms. The van der Waals surface area contributed by atoms with Crippen LogP contribution >= 0.6 is 0 Å². The maximum absolute atomic E-state index is 12.4. The molecule has 2 N–H and O–H groups in total. The zero-order valence-electron chi connectivity index (χ0n) is 12.7. The van der Waals surface area contributed by atoms with Crippen molar-refractivity contribution in [3.63, 3.8) is 0 Å². The standard InChI is InChI=1S/C17H15N3O3S/c1-2-9-19-17(21)14-6-4-8-16(11-14)24(22,23)20-15-7-3-5-13(10-15)12-18/h2-8,10-11,20H,1,9H2,(H,19,21). The van der Waals surface area contributed by atoms with Gasteiger partial charge >= 0.3 is 0 Å². The molecular weight excluding hydrogens is 326 g/mol. The third kappa shape index (κ3) is 4.21. The van der Waals surface area contributed by atoms with Gasteiger partial charge < -0.3 is 5.32 Å². The van der Waals surface area contributed by atoms with Crippen LogP contribution in [0.15, 0.2) is 66.1 Å². The summed E-state index contributed by atoms with van der Waals surface area (Å²) in [5.74, 6) is -0.390. The van der Waals surface area contributed by atoms with Gasteiger partial charge in [-0.1, -0.05) is 18.2 Å². The van der Waals surface area contributed by atoms with Gasteiger partial charge in [-0.2, -0.15) is 5.26 Å². The van der Waals surface area contributed by atoms with Crippen molar-refractivity contribution in [1.82, 2.24) is 5.32 Å². The summed E-state index contributed by atoms with van der Waals surface area (Å²) in [6, 6.07) is 13.7. The number of sulfonamides is 1. The SMILES string of the molecule is C=CCNC(=O)c1cccc(S(=O)(=O)Nc2cccc(C#N)c2)c1. The number of carbonyl (C=O) groups excluding carboxylic acids is 1. The summed E-state index contributed by atoms with van der Waals surface area (Å²) in [7, 11) is -3.87. The van der Waals surface area contributed by atoms with E-state index < -0.39 is 15.9 Å². The summed E-state index contributed by atoms with van der Waals surface area (Å²) in [4.78, 5) is 11.9. The lowest BCUT2D eigenvalue weighted by Crippen LogP contribution is -2.23. The average molecular weight is 341 g/mol. The van der Waals surface area contributed by atoms with E-state index in [0.717, 1.165) is 0 Å². The molecule has 24 heavy (non-hydrogen) atoms. The maximum Gasteiger partial charge on any atom is 0.261 e. The van der Waals surface area contributed by atoms with Gasteiger partial charge in [0.2, 0.25) is 0 Å². The quantitative estimate of drug-likeness (QED) is 0.787. The zero-order valence-corrected chi connectivity index (χ0v) is 13.5. The monoisotopic (exact) mass is 341 g/mol. The Hall–Kier alpha value is -3.11. The van der Waals surface area contributed by atoms with Gasteiger partial charge in [0.15, 0.2) is 0 Å². The molecule has 2 rings (SSSR count). The Kier molecular flexibility index (Phi) is 5.35. The number of nitrogens with one attached hydrogen (secondary N) is 2. The molecular formula is C17H15N3O3S. The van der Waals surface area contributed by atoms with Gasteiger partial charge in [0, 0.05) is 12.1 Å².